The van der Waals surface area contributed by atoms with Crippen LogP contribution in [0.5, 0.6) is 11.5 Å². The van der Waals surface area contributed by atoms with Crippen LogP contribution in [0.25, 0.3) is 5.57 Å². The molecule has 2 aliphatic heterocycles. The molecule has 10 heteroatoms. The molecule has 2 aliphatic rings. The lowest BCUT2D eigenvalue weighted by atomic mass is 9.95. The fraction of sp³-hybridized carbons (Fsp3) is 0.321. The molecule has 5 rings (SSSR count). The topological polar surface area (TPSA) is 84.0 Å². The average molecular weight is 555 g/mol. The second-order valence-corrected chi connectivity index (χ2v) is 11.6. The van der Waals surface area contributed by atoms with Crippen LogP contribution >= 0.6 is 11.6 Å². The highest BCUT2D eigenvalue weighted by molar-refractivity contribution is 7.92. The van der Waals surface area contributed by atoms with Gasteiger partial charge < -0.3 is 14.4 Å². The van der Waals surface area contributed by atoms with Gasteiger partial charge in [0.05, 0.1) is 30.4 Å². The van der Waals surface area contributed by atoms with Crippen molar-refractivity contribution in [3.63, 3.8) is 0 Å². The Balaban J connectivity index is 1.29. The van der Waals surface area contributed by atoms with E-state index in [1.165, 1.54) is 0 Å². The number of benzene rings is 2. The van der Waals surface area contributed by atoms with Gasteiger partial charge in [0.25, 0.3) is 0 Å². The highest BCUT2D eigenvalue weighted by Gasteiger charge is 2.22. The highest BCUT2D eigenvalue weighted by atomic mass is 35.5. The zero-order chi connectivity index (χ0) is 26.7. The Morgan fingerprint density at radius 2 is 1.92 bits per heavy atom. The van der Waals surface area contributed by atoms with E-state index in [1.807, 2.05) is 30.3 Å². The molecule has 2 aromatic carbocycles. The zero-order valence-corrected chi connectivity index (χ0v) is 23.1. The molecule has 0 unspecified atom stereocenters. The molecule has 0 saturated carbocycles. The van der Waals surface area contributed by atoms with Gasteiger partial charge in [0.2, 0.25) is 10.0 Å². The SMILES string of the molecule is COc1ccc2c(c1)/C(=C/CCN1CCN(c3ccc(Cl)cc3NS(C)(=O)=O)CC1)c1cccnc1CO2. The molecule has 3 heterocycles. The molecule has 0 radical (unpaired) electrons. The maximum Gasteiger partial charge on any atom is 0.229 e. The van der Waals surface area contributed by atoms with Crippen molar-refractivity contribution in [3.8, 4) is 11.5 Å². The van der Waals surface area contributed by atoms with E-state index in [1.54, 1.807) is 25.4 Å². The van der Waals surface area contributed by atoms with Gasteiger partial charge in [-0.15, -0.1) is 0 Å². The van der Waals surface area contributed by atoms with E-state index in [0.717, 1.165) is 85.0 Å². The molecule has 38 heavy (non-hydrogen) atoms. The van der Waals surface area contributed by atoms with Crippen LogP contribution in [-0.4, -0.2) is 64.4 Å². The molecule has 3 aromatic rings. The van der Waals surface area contributed by atoms with Gasteiger partial charge in [-0.05, 0) is 54.5 Å². The van der Waals surface area contributed by atoms with Gasteiger partial charge in [-0.1, -0.05) is 23.7 Å². The largest absolute Gasteiger partial charge is 0.497 e. The number of rotatable bonds is 7. The first-order chi connectivity index (χ1) is 18.3. The Kier molecular flexibility index (Phi) is 7.78. The lowest BCUT2D eigenvalue weighted by molar-refractivity contribution is 0.263. The van der Waals surface area contributed by atoms with Gasteiger partial charge in [0.1, 0.15) is 18.1 Å². The van der Waals surface area contributed by atoms with Gasteiger partial charge >= 0.3 is 0 Å². The number of hydrogen-bond donors (Lipinski definition) is 1. The summed E-state index contributed by atoms with van der Waals surface area (Å²) in [5.74, 6) is 1.61. The normalized spacial score (nSPS) is 16.8. The molecule has 0 amide bonds. The number of sulfonamides is 1. The van der Waals surface area contributed by atoms with Crippen molar-refractivity contribution in [2.45, 2.75) is 13.0 Å². The average Bonchev–Trinajstić information content (AvgIpc) is 3.05. The Labute approximate surface area is 228 Å². The number of pyridine rings is 1. The molecule has 1 fully saturated rings. The number of ether oxygens (including phenoxy) is 2. The van der Waals surface area contributed by atoms with E-state index in [4.69, 9.17) is 21.1 Å². The predicted octanol–water partition coefficient (Wildman–Crippen LogP) is 4.65. The summed E-state index contributed by atoms with van der Waals surface area (Å²) in [5.41, 5.74) is 5.47. The van der Waals surface area contributed by atoms with Gasteiger partial charge in [0.15, 0.2) is 0 Å². The number of piperazine rings is 1. The molecule has 1 N–H and O–H groups in total. The number of halogens is 1. The van der Waals surface area contributed by atoms with E-state index in [0.29, 0.717) is 17.3 Å². The number of hydrogen-bond acceptors (Lipinski definition) is 7. The summed E-state index contributed by atoms with van der Waals surface area (Å²) in [5, 5.41) is 0.492. The van der Waals surface area contributed by atoms with Gasteiger partial charge in [-0.3, -0.25) is 14.6 Å². The molecule has 0 bridgehead atoms. The van der Waals surface area contributed by atoms with Crippen LogP contribution in [0.2, 0.25) is 5.02 Å². The van der Waals surface area contributed by atoms with E-state index >= 15 is 0 Å². The molecular weight excluding hydrogens is 524 g/mol. The quantitative estimate of drug-likeness (QED) is 0.455. The summed E-state index contributed by atoms with van der Waals surface area (Å²) in [4.78, 5) is 9.19. The van der Waals surface area contributed by atoms with Crippen LogP contribution in [0.3, 0.4) is 0 Å². The number of fused-ring (bicyclic) bond motifs is 2. The molecule has 0 atom stereocenters. The Bertz CT molecular complexity index is 1450. The first-order valence-corrected chi connectivity index (χ1v) is 14.8. The van der Waals surface area contributed by atoms with E-state index in [2.05, 4.69) is 31.6 Å². The minimum absolute atomic E-state index is 0.426. The summed E-state index contributed by atoms with van der Waals surface area (Å²) < 4.78 is 37.9. The Morgan fingerprint density at radius 3 is 2.68 bits per heavy atom. The fourth-order valence-corrected chi connectivity index (χ4v) is 5.69. The smallest absolute Gasteiger partial charge is 0.229 e. The zero-order valence-electron chi connectivity index (χ0n) is 21.5. The maximum absolute atomic E-state index is 11.9. The van der Waals surface area contributed by atoms with Crippen LogP contribution < -0.4 is 19.1 Å². The molecule has 0 aliphatic carbocycles. The minimum Gasteiger partial charge on any atom is -0.497 e. The molecule has 200 valence electrons. The van der Waals surface area contributed by atoms with Crippen molar-refractivity contribution in [2.24, 2.45) is 0 Å². The Morgan fingerprint density at radius 1 is 1.11 bits per heavy atom. The van der Waals surface area contributed by atoms with Gasteiger partial charge in [-0.25, -0.2) is 8.42 Å². The number of nitrogens with zero attached hydrogens (tertiary/aromatic N) is 3. The lowest BCUT2D eigenvalue weighted by Gasteiger charge is -2.37. The molecule has 1 saturated heterocycles. The summed E-state index contributed by atoms with van der Waals surface area (Å²) in [7, 11) is -1.74. The van der Waals surface area contributed by atoms with Crippen LogP contribution in [0.15, 0.2) is 60.8 Å². The van der Waals surface area contributed by atoms with E-state index < -0.39 is 10.0 Å². The third-order valence-electron chi connectivity index (χ3n) is 6.78. The van der Waals surface area contributed by atoms with Gasteiger partial charge in [-0.2, -0.15) is 0 Å². The predicted molar refractivity (Wildman–Crippen MR) is 152 cm³/mol. The molecule has 8 nitrogen and oxygen atoms in total. The Hall–Kier alpha value is -3.27. The van der Waals surface area contributed by atoms with Crippen LogP contribution in [0.4, 0.5) is 11.4 Å². The van der Waals surface area contributed by atoms with Crippen LogP contribution in [-0.2, 0) is 16.6 Å². The third kappa shape index (κ3) is 6.06. The summed E-state index contributed by atoms with van der Waals surface area (Å²) in [6, 6.07) is 15.3. The fourth-order valence-electron chi connectivity index (χ4n) is 4.95. The third-order valence-corrected chi connectivity index (χ3v) is 7.61. The molecule has 1 aromatic heterocycles. The summed E-state index contributed by atoms with van der Waals surface area (Å²) in [6.45, 7) is 4.65. The monoisotopic (exact) mass is 554 g/mol. The van der Waals surface area contributed by atoms with Crippen molar-refractivity contribution in [1.82, 2.24) is 9.88 Å². The van der Waals surface area contributed by atoms with Crippen LogP contribution in [0.1, 0.15) is 23.2 Å². The van der Waals surface area contributed by atoms with E-state index in [-0.39, 0.29) is 0 Å². The van der Waals surface area contributed by atoms with Crippen molar-refractivity contribution < 1.29 is 17.9 Å². The number of methoxy groups -OCH3 is 1. The van der Waals surface area contributed by atoms with Gasteiger partial charge in [0, 0.05) is 55.1 Å². The van der Waals surface area contributed by atoms with Crippen molar-refractivity contribution in [1.29, 1.82) is 0 Å². The summed E-state index contributed by atoms with van der Waals surface area (Å²) in [6.07, 6.45) is 6.08. The maximum atomic E-state index is 11.9. The van der Waals surface area contributed by atoms with Crippen LogP contribution in [0, 0.1) is 0 Å². The standard InChI is InChI=1S/C28H31ClN4O4S/c1-36-21-8-10-28-24(18-21)22(23-5-3-11-30-26(23)19-37-28)6-4-12-32-13-15-33(16-14-32)27-9-7-20(29)17-25(27)31-38(2,34)35/h3,5-11,17-18,31H,4,12-16,19H2,1-2H3/b22-6+. The lowest BCUT2D eigenvalue weighted by Crippen LogP contribution is -2.46. The highest BCUT2D eigenvalue weighted by Crippen LogP contribution is 2.38. The molecular formula is C28H31ClN4O4S. The number of nitrogens with one attached hydrogen (secondary N) is 1. The van der Waals surface area contributed by atoms with Crippen molar-refractivity contribution in [2.75, 3.05) is 55.7 Å². The first kappa shape index (κ1) is 26.3. The number of aromatic nitrogens is 1. The first-order valence-electron chi connectivity index (χ1n) is 12.5. The van der Waals surface area contributed by atoms with E-state index in [9.17, 15) is 8.42 Å². The second-order valence-electron chi connectivity index (χ2n) is 9.42. The summed E-state index contributed by atoms with van der Waals surface area (Å²) >= 11 is 6.13. The minimum atomic E-state index is -3.41. The second kappa shape index (κ2) is 11.2. The molecule has 0 spiro atoms. The van der Waals surface area contributed by atoms with Crippen molar-refractivity contribution in [3.05, 3.63) is 82.6 Å². The van der Waals surface area contributed by atoms with Crippen molar-refractivity contribution >= 4 is 38.6 Å². The number of anilines is 2.